The average Bonchev–Trinajstić information content (AvgIpc) is 3.15. The van der Waals surface area contributed by atoms with Crippen molar-refractivity contribution in [2.24, 2.45) is 10.1 Å². The molecule has 0 aliphatic heterocycles. The fourth-order valence-corrected chi connectivity index (χ4v) is 3.71. The molecule has 148 valence electrons. The highest BCUT2D eigenvalue weighted by Gasteiger charge is 2.23. The van der Waals surface area contributed by atoms with E-state index in [4.69, 9.17) is 5.14 Å². The van der Waals surface area contributed by atoms with Crippen LogP contribution in [0.4, 0.5) is 0 Å². The number of aliphatic imine (C=N–C) groups is 1. The van der Waals surface area contributed by atoms with E-state index in [1.807, 2.05) is 23.8 Å². The van der Waals surface area contributed by atoms with Gasteiger partial charge in [0.05, 0.1) is 11.4 Å². The highest BCUT2D eigenvalue weighted by Crippen LogP contribution is 2.23. The van der Waals surface area contributed by atoms with Gasteiger partial charge in [0.1, 0.15) is 5.60 Å². The van der Waals surface area contributed by atoms with Crippen LogP contribution in [0.25, 0.3) is 0 Å². The molecule has 1 heterocycles. The number of aliphatic hydroxyl groups is 1. The van der Waals surface area contributed by atoms with Crippen molar-refractivity contribution in [1.29, 1.82) is 0 Å². The zero-order valence-electron chi connectivity index (χ0n) is 15.5. The van der Waals surface area contributed by atoms with E-state index in [-0.39, 0.29) is 11.4 Å². The van der Waals surface area contributed by atoms with E-state index >= 15 is 0 Å². The summed E-state index contributed by atoms with van der Waals surface area (Å²) in [5.41, 5.74) is 0.810. The predicted molar refractivity (Wildman–Crippen MR) is 109 cm³/mol. The third-order valence-electron chi connectivity index (χ3n) is 3.99. The first-order chi connectivity index (χ1) is 12.7. The van der Waals surface area contributed by atoms with Crippen LogP contribution >= 0.6 is 11.3 Å². The summed E-state index contributed by atoms with van der Waals surface area (Å²) < 4.78 is 22.6. The van der Waals surface area contributed by atoms with Gasteiger partial charge >= 0.3 is 0 Å². The number of nitrogens with one attached hydrogen (secondary N) is 2. The van der Waals surface area contributed by atoms with Crippen molar-refractivity contribution in [3.8, 4) is 0 Å². The Morgan fingerprint density at radius 1 is 1.26 bits per heavy atom. The Morgan fingerprint density at radius 3 is 2.52 bits per heavy atom. The lowest BCUT2D eigenvalue weighted by Gasteiger charge is -2.21. The van der Waals surface area contributed by atoms with Crippen LogP contribution < -0.4 is 15.8 Å². The minimum Gasteiger partial charge on any atom is -0.383 e. The van der Waals surface area contributed by atoms with Gasteiger partial charge in [-0.15, -0.1) is 0 Å². The molecule has 0 aliphatic rings. The van der Waals surface area contributed by atoms with Crippen molar-refractivity contribution in [2.45, 2.75) is 30.8 Å². The molecule has 1 aromatic heterocycles. The Bertz CT molecular complexity index is 845. The second-order valence-electron chi connectivity index (χ2n) is 6.35. The minimum atomic E-state index is -3.67. The van der Waals surface area contributed by atoms with E-state index in [9.17, 15) is 13.5 Å². The molecule has 1 unspecified atom stereocenters. The van der Waals surface area contributed by atoms with Crippen molar-refractivity contribution in [1.82, 2.24) is 10.6 Å². The number of sulfonamides is 1. The number of nitrogens with two attached hydrogens (primary N) is 1. The summed E-state index contributed by atoms with van der Waals surface area (Å²) in [5.74, 6) is 0.620. The van der Waals surface area contributed by atoms with Gasteiger partial charge in [0, 0.05) is 13.1 Å². The Hall–Kier alpha value is -1.94. The van der Waals surface area contributed by atoms with Crippen molar-refractivity contribution in [3.05, 3.63) is 52.2 Å². The molecule has 0 saturated heterocycles. The first kappa shape index (κ1) is 21.4. The molecular formula is C18H26N4O3S2. The first-order valence-corrected chi connectivity index (χ1v) is 11.1. The molecule has 0 saturated carbocycles. The first-order valence-electron chi connectivity index (χ1n) is 8.61. The van der Waals surface area contributed by atoms with Crippen molar-refractivity contribution in [2.75, 3.05) is 19.6 Å². The highest BCUT2D eigenvalue weighted by molar-refractivity contribution is 7.89. The molecule has 1 atom stereocenters. The number of benzene rings is 1. The van der Waals surface area contributed by atoms with Crippen LogP contribution in [0, 0.1) is 0 Å². The molecule has 5 N–H and O–H groups in total. The van der Waals surface area contributed by atoms with Gasteiger partial charge in [-0.1, -0.05) is 12.1 Å². The molecule has 1 aromatic carbocycles. The average molecular weight is 411 g/mol. The summed E-state index contributed by atoms with van der Waals surface area (Å²) in [7, 11) is -3.67. The Morgan fingerprint density at radius 2 is 1.96 bits per heavy atom. The minimum absolute atomic E-state index is 0.102. The number of rotatable bonds is 8. The van der Waals surface area contributed by atoms with Crippen LogP contribution in [0.1, 0.15) is 25.0 Å². The van der Waals surface area contributed by atoms with Gasteiger partial charge < -0.3 is 15.7 Å². The van der Waals surface area contributed by atoms with Crippen LogP contribution in [0.5, 0.6) is 0 Å². The molecule has 7 nitrogen and oxygen atoms in total. The summed E-state index contributed by atoms with van der Waals surface area (Å²) in [5, 5.41) is 25.9. The monoisotopic (exact) mass is 410 g/mol. The fraction of sp³-hybridized carbons (Fsp3) is 0.389. The maximum Gasteiger partial charge on any atom is 0.238 e. The summed E-state index contributed by atoms with van der Waals surface area (Å²) in [4.78, 5) is 4.57. The smallest absolute Gasteiger partial charge is 0.238 e. The van der Waals surface area contributed by atoms with E-state index in [0.29, 0.717) is 25.5 Å². The molecule has 0 aliphatic carbocycles. The summed E-state index contributed by atoms with van der Waals surface area (Å²) in [6.45, 7) is 5.27. The lowest BCUT2D eigenvalue weighted by molar-refractivity contribution is 0.0677. The van der Waals surface area contributed by atoms with Gasteiger partial charge in [-0.3, -0.25) is 0 Å². The highest BCUT2D eigenvalue weighted by atomic mass is 32.2. The van der Waals surface area contributed by atoms with Crippen molar-refractivity contribution in [3.63, 3.8) is 0 Å². The summed E-state index contributed by atoms with van der Waals surface area (Å²) in [6, 6.07) is 8.38. The molecule has 27 heavy (non-hydrogen) atoms. The van der Waals surface area contributed by atoms with E-state index in [0.717, 1.165) is 11.1 Å². The number of nitrogens with zero attached hydrogens (tertiary/aromatic N) is 1. The van der Waals surface area contributed by atoms with Gasteiger partial charge in [0.15, 0.2) is 5.96 Å². The second-order valence-corrected chi connectivity index (χ2v) is 8.69. The van der Waals surface area contributed by atoms with E-state index in [2.05, 4.69) is 15.6 Å². The second kappa shape index (κ2) is 9.32. The lowest BCUT2D eigenvalue weighted by atomic mass is 10.00. The Labute approximate surface area is 164 Å². The quantitative estimate of drug-likeness (QED) is 0.388. The number of primary sulfonamides is 1. The van der Waals surface area contributed by atoms with Crippen molar-refractivity contribution >= 4 is 27.3 Å². The summed E-state index contributed by atoms with van der Waals surface area (Å²) >= 11 is 1.54. The third kappa shape index (κ3) is 6.62. The molecule has 0 radical (unpaired) electrons. The zero-order chi connectivity index (χ0) is 19.9. The third-order valence-corrected chi connectivity index (χ3v) is 5.60. The van der Waals surface area contributed by atoms with E-state index < -0.39 is 15.6 Å². The van der Waals surface area contributed by atoms with Gasteiger partial charge in [-0.05, 0) is 60.4 Å². The molecule has 0 bridgehead atoms. The number of guanidine groups is 1. The molecule has 0 amide bonds. The molecule has 9 heteroatoms. The Balaban J connectivity index is 1.92. The molecule has 2 rings (SSSR count). The zero-order valence-corrected chi connectivity index (χ0v) is 17.1. The Kier molecular flexibility index (Phi) is 7.37. The molecular weight excluding hydrogens is 384 g/mol. The van der Waals surface area contributed by atoms with Crippen LogP contribution in [0.15, 0.2) is 51.0 Å². The summed E-state index contributed by atoms with van der Waals surface area (Å²) in [6.07, 6.45) is 0.691. The van der Waals surface area contributed by atoms with Gasteiger partial charge in [-0.25, -0.2) is 18.5 Å². The predicted octanol–water partition coefficient (Wildman–Crippen LogP) is 1.40. The van der Waals surface area contributed by atoms with Crippen LogP contribution in [0.3, 0.4) is 0 Å². The largest absolute Gasteiger partial charge is 0.383 e. The fourth-order valence-electron chi connectivity index (χ4n) is 2.41. The maximum absolute atomic E-state index is 11.3. The van der Waals surface area contributed by atoms with Gasteiger partial charge in [0.2, 0.25) is 10.0 Å². The topological polar surface area (TPSA) is 117 Å². The standard InChI is InChI=1S/C18H26N4O3S2/c1-3-20-17(22-13-18(2,23)15-9-11-26-12-15)21-10-8-14-4-6-16(7-5-14)27(19,24)25/h4-7,9,11-12,23H,3,8,10,13H2,1-2H3,(H2,19,24,25)(H2,20,21,22). The van der Waals surface area contributed by atoms with E-state index in [1.54, 1.807) is 19.1 Å². The maximum atomic E-state index is 11.3. The molecule has 0 spiro atoms. The number of hydrogen-bond donors (Lipinski definition) is 4. The van der Waals surface area contributed by atoms with Crippen LogP contribution in [-0.2, 0) is 22.0 Å². The van der Waals surface area contributed by atoms with E-state index in [1.165, 1.54) is 23.5 Å². The number of thiophene rings is 1. The molecule has 0 fully saturated rings. The van der Waals surface area contributed by atoms with Gasteiger partial charge in [0.25, 0.3) is 0 Å². The normalized spacial score (nSPS) is 14.6. The SMILES string of the molecule is CCNC(=NCC(C)(O)c1ccsc1)NCCc1ccc(S(N)(=O)=O)cc1. The van der Waals surface area contributed by atoms with Crippen LogP contribution in [0.2, 0.25) is 0 Å². The van der Waals surface area contributed by atoms with Gasteiger partial charge in [-0.2, -0.15) is 11.3 Å². The van der Waals surface area contributed by atoms with Crippen molar-refractivity contribution < 1.29 is 13.5 Å². The molecule has 2 aromatic rings. The lowest BCUT2D eigenvalue weighted by Crippen LogP contribution is -2.39. The van der Waals surface area contributed by atoms with Crippen LogP contribution in [-0.4, -0.2) is 39.1 Å². The number of hydrogen-bond acceptors (Lipinski definition) is 5.